The van der Waals surface area contributed by atoms with Gasteiger partial charge in [0.05, 0.1) is 0 Å². The van der Waals surface area contributed by atoms with Crippen LogP contribution in [-0.4, -0.2) is 17.7 Å². The molecule has 0 spiro atoms. The molecule has 101 valence electrons. The molecule has 0 atom stereocenters. The molecule has 0 aromatic heterocycles. The molecule has 0 amide bonds. The summed E-state index contributed by atoms with van der Waals surface area (Å²) in [6, 6.07) is 10.8. The molecule has 18 heavy (non-hydrogen) atoms. The topological polar surface area (TPSA) is 40.5 Å². The lowest BCUT2D eigenvalue weighted by Crippen LogP contribution is -1.85. The summed E-state index contributed by atoms with van der Waals surface area (Å²) in [7, 11) is 0. The number of unbranched alkanes of at least 4 members (excludes halogenated alkanes) is 6. The first-order chi connectivity index (χ1) is 8.85. The molecule has 2 N–H and O–H groups in total. The summed E-state index contributed by atoms with van der Waals surface area (Å²) in [6.07, 6.45) is 11.1. The molecule has 0 aliphatic carbocycles. The van der Waals surface area contributed by atoms with Crippen LogP contribution < -0.4 is 0 Å². The average molecular weight is 249 g/mol. The molecule has 1 aromatic rings. The van der Waals surface area contributed by atoms with E-state index in [9.17, 15) is 0 Å². The third-order valence-corrected chi connectivity index (χ3v) is 2.91. The summed E-state index contributed by atoms with van der Waals surface area (Å²) in [5.41, 5.74) is 1.49. The Morgan fingerprint density at radius 2 is 1.33 bits per heavy atom. The molecule has 0 fully saturated rings. The first-order valence-electron chi connectivity index (χ1n) is 6.99. The predicted octanol–water partition coefficient (Wildman–Crippen LogP) is 3.48. The van der Waals surface area contributed by atoms with E-state index >= 15 is 0 Å². The minimum Gasteiger partial charge on any atom is -0.429 e. The van der Waals surface area contributed by atoms with Crippen molar-refractivity contribution in [2.75, 3.05) is 0 Å². The van der Waals surface area contributed by atoms with Gasteiger partial charge in [-0.3, -0.25) is 0 Å². The van der Waals surface area contributed by atoms with Crippen LogP contribution in [0.3, 0.4) is 0 Å². The molecule has 0 aliphatic rings. The minimum atomic E-state index is 0. The monoisotopic (exact) mass is 249 g/mol. The van der Waals surface area contributed by atoms with Gasteiger partial charge in [-0.1, -0.05) is 75.8 Å². The van der Waals surface area contributed by atoms with Gasteiger partial charge in [0.25, 0.3) is 0 Å². The van der Waals surface area contributed by atoms with Crippen molar-refractivity contribution in [3.8, 4) is 0 Å². The summed E-state index contributed by atoms with van der Waals surface area (Å²) < 4.78 is 0. The van der Waals surface area contributed by atoms with Crippen molar-refractivity contribution in [1.29, 1.82) is 0 Å². The number of benzene rings is 1. The fraction of sp³-hybridized carbons (Fsp3) is 0.600. The van der Waals surface area contributed by atoms with Gasteiger partial charge < -0.3 is 10.0 Å². The van der Waals surface area contributed by atoms with Gasteiger partial charge in [0.2, 0.25) is 0 Å². The van der Waals surface area contributed by atoms with E-state index < -0.39 is 0 Å². The van der Waals surface area contributed by atoms with Crippen LogP contribution in [-0.2, 0) is 6.42 Å². The Balaban J connectivity index is 0.000000873. The second-order valence-electron chi connectivity index (χ2n) is 4.47. The third kappa shape index (κ3) is 11.7. The Morgan fingerprint density at radius 1 is 0.833 bits per heavy atom. The van der Waals surface area contributed by atoms with Crippen molar-refractivity contribution in [1.82, 2.24) is 0 Å². The Labute approximate surface area is 112 Å². The van der Waals surface area contributed by atoms with Crippen LogP contribution in [0.15, 0.2) is 30.3 Å². The molecule has 2 nitrogen and oxygen atoms in total. The summed E-state index contributed by atoms with van der Waals surface area (Å²) in [6.45, 7) is 2.27. The first-order valence-corrected chi connectivity index (χ1v) is 6.99. The van der Waals surface area contributed by atoms with Gasteiger partial charge in [-0.05, 0) is 18.4 Å². The predicted molar refractivity (Wildman–Crippen MR) is 78.3 cm³/mol. The molecule has 0 unspecified atom stereocenters. The van der Waals surface area contributed by atoms with E-state index in [0.29, 0.717) is 0 Å². The molecule has 1 radical (unpaired) electrons. The number of hydrogen-bond donors (Lipinski definition) is 2. The van der Waals surface area contributed by atoms with Crippen LogP contribution in [0.2, 0.25) is 0 Å². The van der Waals surface area contributed by atoms with Crippen LogP contribution in [0.25, 0.3) is 0 Å². The van der Waals surface area contributed by atoms with Crippen LogP contribution >= 0.6 is 0 Å². The van der Waals surface area contributed by atoms with Crippen molar-refractivity contribution in [3.63, 3.8) is 0 Å². The van der Waals surface area contributed by atoms with Crippen LogP contribution in [0, 0.1) is 0 Å². The maximum absolute atomic E-state index is 7.00. The summed E-state index contributed by atoms with van der Waals surface area (Å²) in [5, 5.41) is 14.0. The second-order valence-corrected chi connectivity index (χ2v) is 4.47. The van der Waals surface area contributed by atoms with Crippen molar-refractivity contribution in [3.05, 3.63) is 35.9 Å². The molecule has 0 saturated heterocycles. The number of hydrogen-bond acceptors (Lipinski definition) is 2. The molecular formula is C15H26BO2. The largest absolute Gasteiger partial charge is 0.482 e. The highest BCUT2D eigenvalue weighted by Crippen LogP contribution is 2.10. The lowest BCUT2D eigenvalue weighted by atomic mass is 10.0. The Bertz CT molecular complexity index is 252. The van der Waals surface area contributed by atoms with E-state index in [1.807, 2.05) is 0 Å². The number of aryl methyl sites for hydroxylation is 1. The molecule has 0 bridgehead atoms. The van der Waals surface area contributed by atoms with Gasteiger partial charge in [-0.25, -0.2) is 0 Å². The summed E-state index contributed by atoms with van der Waals surface area (Å²) in [4.78, 5) is 0. The van der Waals surface area contributed by atoms with Gasteiger partial charge in [0.15, 0.2) is 0 Å². The zero-order valence-corrected chi connectivity index (χ0v) is 11.5. The maximum atomic E-state index is 7.00. The van der Waals surface area contributed by atoms with Gasteiger partial charge in [0, 0.05) is 0 Å². The molecule has 1 rings (SSSR count). The standard InChI is InChI=1S/C15H24.BH2O2/c1-2-3-4-5-6-7-9-12-15-13-10-8-11-14-15;2-1-3/h8,10-11,13-14H,2-7,9,12H2,1H3;2-3H. The molecular weight excluding hydrogens is 223 g/mol. The highest BCUT2D eigenvalue weighted by molar-refractivity contribution is 6.13. The number of rotatable bonds is 8. The van der Waals surface area contributed by atoms with E-state index in [4.69, 9.17) is 10.0 Å². The van der Waals surface area contributed by atoms with Crippen LogP contribution in [0.4, 0.5) is 0 Å². The smallest absolute Gasteiger partial charge is 0.429 e. The van der Waals surface area contributed by atoms with Crippen molar-refractivity contribution >= 4 is 7.69 Å². The van der Waals surface area contributed by atoms with E-state index in [0.717, 1.165) is 0 Å². The van der Waals surface area contributed by atoms with Crippen LogP contribution in [0.5, 0.6) is 0 Å². The van der Waals surface area contributed by atoms with E-state index in [-0.39, 0.29) is 7.69 Å². The Hall–Kier alpha value is -0.795. The van der Waals surface area contributed by atoms with Crippen molar-refractivity contribution < 1.29 is 10.0 Å². The normalized spacial score (nSPS) is 9.50. The lowest BCUT2D eigenvalue weighted by Gasteiger charge is -2.01. The molecule has 0 aliphatic heterocycles. The zero-order chi connectivity index (χ0) is 13.5. The quantitative estimate of drug-likeness (QED) is 0.547. The molecule has 0 saturated carbocycles. The molecule has 1 aromatic carbocycles. The maximum Gasteiger partial charge on any atom is 0.482 e. The minimum absolute atomic E-state index is 0. The van der Waals surface area contributed by atoms with Crippen molar-refractivity contribution in [2.24, 2.45) is 0 Å². The highest BCUT2D eigenvalue weighted by atomic mass is 16.4. The Morgan fingerprint density at radius 3 is 1.89 bits per heavy atom. The second kappa shape index (κ2) is 14.3. The Kier molecular flexibility index (Phi) is 13.6. The van der Waals surface area contributed by atoms with Gasteiger partial charge >= 0.3 is 7.69 Å². The molecule has 3 heteroatoms. The van der Waals surface area contributed by atoms with Crippen LogP contribution in [0.1, 0.15) is 57.4 Å². The van der Waals surface area contributed by atoms with E-state index in [1.54, 1.807) is 0 Å². The molecule has 0 heterocycles. The fourth-order valence-electron chi connectivity index (χ4n) is 1.93. The third-order valence-electron chi connectivity index (χ3n) is 2.91. The van der Waals surface area contributed by atoms with Gasteiger partial charge in [0.1, 0.15) is 0 Å². The fourth-order valence-corrected chi connectivity index (χ4v) is 1.93. The highest BCUT2D eigenvalue weighted by Gasteiger charge is 1.92. The zero-order valence-electron chi connectivity index (χ0n) is 11.5. The summed E-state index contributed by atoms with van der Waals surface area (Å²) in [5.74, 6) is 0. The van der Waals surface area contributed by atoms with Gasteiger partial charge in [-0.2, -0.15) is 0 Å². The average Bonchev–Trinajstić information content (AvgIpc) is 2.40. The SMILES string of the molecule is CCCCCCCCCc1ccccc1.O[B]O. The van der Waals surface area contributed by atoms with E-state index in [2.05, 4.69) is 37.3 Å². The van der Waals surface area contributed by atoms with Crippen molar-refractivity contribution in [2.45, 2.75) is 58.3 Å². The summed E-state index contributed by atoms with van der Waals surface area (Å²) >= 11 is 0. The lowest BCUT2D eigenvalue weighted by molar-refractivity contribution is 0.448. The first kappa shape index (κ1) is 17.2. The van der Waals surface area contributed by atoms with Gasteiger partial charge in [-0.15, -0.1) is 0 Å². The van der Waals surface area contributed by atoms with E-state index in [1.165, 1.54) is 56.9 Å².